The van der Waals surface area contributed by atoms with Crippen molar-refractivity contribution in [2.75, 3.05) is 6.54 Å². The van der Waals surface area contributed by atoms with Crippen LogP contribution in [0.1, 0.15) is 59.3 Å². The van der Waals surface area contributed by atoms with E-state index in [1.165, 1.54) is 19.3 Å². The first kappa shape index (κ1) is 20.1. The van der Waals surface area contributed by atoms with Crippen LogP contribution in [0, 0.1) is 11.8 Å². The molecule has 2 N–H and O–H groups in total. The summed E-state index contributed by atoms with van der Waals surface area (Å²) in [5.41, 5.74) is -0.563. The van der Waals surface area contributed by atoms with Crippen LogP contribution in [0.15, 0.2) is 0 Å². The summed E-state index contributed by atoms with van der Waals surface area (Å²) >= 11 is 0. The third-order valence-electron chi connectivity index (χ3n) is 3.58. The van der Waals surface area contributed by atoms with Crippen LogP contribution in [0.2, 0.25) is 0 Å². The van der Waals surface area contributed by atoms with Crippen molar-refractivity contribution in [2.24, 2.45) is 11.8 Å². The molecule has 0 unspecified atom stereocenters. The molecule has 21 heavy (non-hydrogen) atoms. The Labute approximate surface area is 134 Å². The summed E-state index contributed by atoms with van der Waals surface area (Å²) in [5.74, 6) is -0.887. The number of carbonyl (C=O) groups excluding carboxylic acids is 1. The molecular weight excluding hydrogens is 290 g/mol. The summed E-state index contributed by atoms with van der Waals surface area (Å²) in [7, 11) is 0. The molecule has 0 aromatic rings. The number of aliphatic carboxylic acids is 1. The van der Waals surface area contributed by atoms with Gasteiger partial charge in [-0.25, -0.2) is 4.79 Å². The van der Waals surface area contributed by atoms with E-state index < -0.39 is 23.6 Å². The number of ether oxygens (including phenoxy) is 1. The number of rotatable bonds is 5. The number of alkyl carbamates (subject to hydrolysis) is 1. The highest BCUT2D eigenvalue weighted by Crippen LogP contribution is 2.29. The van der Waals surface area contributed by atoms with E-state index in [9.17, 15) is 14.7 Å². The van der Waals surface area contributed by atoms with Crippen molar-refractivity contribution in [2.45, 2.75) is 64.9 Å². The van der Waals surface area contributed by atoms with Gasteiger partial charge in [-0.15, -0.1) is 0 Å². The van der Waals surface area contributed by atoms with Gasteiger partial charge in [-0.1, -0.05) is 32.1 Å². The van der Waals surface area contributed by atoms with Gasteiger partial charge in [-0.05, 0) is 33.1 Å². The van der Waals surface area contributed by atoms with Crippen LogP contribution in [-0.2, 0) is 9.53 Å². The van der Waals surface area contributed by atoms with E-state index in [0.29, 0.717) is 12.3 Å². The third-order valence-corrected chi connectivity index (χ3v) is 3.58. The van der Waals surface area contributed by atoms with Crippen LogP contribution in [0.5, 0.6) is 0 Å². The predicted molar refractivity (Wildman–Crippen MR) is 86.9 cm³/mol. The van der Waals surface area contributed by atoms with Gasteiger partial charge < -0.3 is 15.2 Å². The molecule has 0 heterocycles. The molecule has 6 heteroatoms. The minimum Gasteiger partial charge on any atom is -0.481 e. The van der Waals surface area contributed by atoms with Crippen LogP contribution in [0.3, 0.4) is 0 Å². The molecule has 0 aliphatic heterocycles. The molecule has 1 atom stereocenters. The summed E-state index contributed by atoms with van der Waals surface area (Å²) in [6.07, 6.45) is 5.95. The van der Waals surface area contributed by atoms with Crippen LogP contribution in [-0.4, -0.2) is 29.3 Å². The summed E-state index contributed by atoms with van der Waals surface area (Å²) in [6.45, 7) is 5.48. The Morgan fingerprint density at radius 3 is 2.29 bits per heavy atom. The average Bonchev–Trinajstić information content (AvgIpc) is 2.33. The smallest absolute Gasteiger partial charge is 0.407 e. The van der Waals surface area contributed by atoms with Gasteiger partial charge in [0.25, 0.3) is 0 Å². The first-order chi connectivity index (χ1) is 9.28. The number of carbonyl (C=O) groups is 2. The molecule has 0 spiro atoms. The summed E-state index contributed by atoms with van der Waals surface area (Å²) in [6, 6.07) is 0. The lowest BCUT2D eigenvalue weighted by Gasteiger charge is -2.25. The number of carboxylic acids is 1. The monoisotopic (exact) mass is 319 g/mol. The molecule has 0 aromatic carbocycles. The fourth-order valence-corrected chi connectivity index (χ4v) is 2.62. The first-order valence-electron chi connectivity index (χ1n) is 7.47. The molecule has 0 bridgehead atoms. The lowest BCUT2D eigenvalue weighted by atomic mass is 9.83. The normalized spacial score (nSPS) is 17.5. The molecule has 1 saturated carbocycles. The van der Waals surface area contributed by atoms with E-state index in [0.717, 1.165) is 12.8 Å². The van der Waals surface area contributed by atoms with E-state index in [4.69, 9.17) is 4.74 Å². The van der Waals surface area contributed by atoms with E-state index in [2.05, 4.69) is 5.32 Å². The minimum atomic E-state index is -0.841. The number of carboxylic acid groups (broad SMARTS) is 1. The molecule has 0 saturated heterocycles. The molecule has 1 amide bonds. The fourth-order valence-electron chi connectivity index (χ4n) is 2.62. The van der Waals surface area contributed by atoms with Crippen molar-refractivity contribution in [1.82, 2.24) is 5.32 Å². The fraction of sp³-hybridized carbons (Fsp3) is 0.867. The zero-order valence-corrected chi connectivity index (χ0v) is 14.3. The van der Waals surface area contributed by atoms with Crippen LogP contribution >= 0.6 is 13.5 Å². The molecule has 0 radical (unpaired) electrons. The maximum absolute atomic E-state index is 11.6. The highest BCUT2D eigenvalue weighted by Gasteiger charge is 2.25. The van der Waals surface area contributed by atoms with Crippen molar-refractivity contribution in [1.29, 1.82) is 0 Å². The van der Waals surface area contributed by atoms with Crippen molar-refractivity contribution in [3.8, 4) is 0 Å². The topological polar surface area (TPSA) is 75.6 Å². The third kappa shape index (κ3) is 8.86. The van der Waals surface area contributed by atoms with Crippen LogP contribution < -0.4 is 5.32 Å². The van der Waals surface area contributed by atoms with E-state index in [1.54, 1.807) is 20.8 Å². The molecule has 5 nitrogen and oxygen atoms in total. The summed E-state index contributed by atoms with van der Waals surface area (Å²) in [5, 5.41) is 11.8. The minimum absolute atomic E-state index is 0. The van der Waals surface area contributed by atoms with Crippen LogP contribution in [0.4, 0.5) is 4.79 Å². The van der Waals surface area contributed by atoms with Crippen molar-refractivity contribution >= 4 is 25.6 Å². The predicted octanol–water partition coefficient (Wildman–Crippen LogP) is 3.30. The molecule has 1 aliphatic carbocycles. The Kier molecular flexibility index (Phi) is 8.78. The Bertz CT molecular complexity index is 335. The Morgan fingerprint density at radius 2 is 1.81 bits per heavy atom. The number of hydrogen-bond donors (Lipinski definition) is 2. The lowest BCUT2D eigenvalue weighted by molar-refractivity contribution is -0.142. The number of nitrogens with one attached hydrogen (secondary N) is 1. The van der Waals surface area contributed by atoms with Gasteiger partial charge in [0, 0.05) is 6.54 Å². The van der Waals surface area contributed by atoms with Crippen LogP contribution in [0.25, 0.3) is 0 Å². The van der Waals surface area contributed by atoms with E-state index >= 15 is 0 Å². The molecule has 1 rings (SSSR count). The van der Waals surface area contributed by atoms with Gasteiger partial charge in [0.05, 0.1) is 5.92 Å². The van der Waals surface area contributed by atoms with Gasteiger partial charge in [0.1, 0.15) is 5.60 Å². The quantitative estimate of drug-likeness (QED) is 0.815. The maximum Gasteiger partial charge on any atom is 0.407 e. The molecule has 1 aliphatic rings. The zero-order valence-electron chi connectivity index (χ0n) is 13.3. The second-order valence-electron chi connectivity index (χ2n) is 6.66. The van der Waals surface area contributed by atoms with E-state index in [1.807, 2.05) is 0 Å². The molecule has 0 aromatic heterocycles. The Hall–Kier alpha value is -0.910. The van der Waals surface area contributed by atoms with E-state index in [-0.39, 0.29) is 20.0 Å². The second-order valence-corrected chi connectivity index (χ2v) is 6.66. The molecule has 124 valence electrons. The number of amides is 1. The maximum atomic E-state index is 11.6. The summed E-state index contributed by atoms with van der Waals surface area (Å²) < 4.78 is 5.11. The zero-order chi connectivity index (χ0) is 15.2. The Balaban J connectivity index is 0.00000400. The lowest BCUT2D eigenvalue weighted by Crippen LogP contribution is -2.37. The average molecular weight is 319 g/mol. The van der Waals surface area contributed by atoms with Gasteiger partial charge in [-0.3, -0.25) is 4.79 Å². The largest absolute Gasteiger partial charge is 0.481 e. The second kappa shape index (κ2) is 9.18. The molecule has 1 fully saturated rings. The highest BCUT2D eigenvalue weighted by molar-refractivity contribution is 7.59. The van der Waals surface area contributed by atoms with Gasteiger partial charge in [0.2, 0.25) is 0 Å². The van der Waals surface area contributed by atoms with Gasteiger partial charge in [0.15, 0.2) is 0 Å². The summed E-state index contributed by atoms with van der Waals surface area (Å²) in [4.78, 5) is 22.8. The standard InChI is InChI=1S/C15H27NO4.H2S/c1-15(2,3)20-14(19)16-10-12(13(17)18)9-11-7-5-4-6-8-11;/h11-12H,4-10H2,1-3H3,(H,16,19)(H,17,18);1H2/t12-;/m0./s1. The van der Waals surface area contributed by atoms with Crippen molar-refractivity contribution in [3.63, 3.8) is 0 Å². The van der Waals surface area contributed by atoms with Crippen molar-refractivity contribution in [3.05, 3.63) is 0 Å². The SMILES string of the molecule is CC(C)(C)OC(=O)NC[C@H](CC1CCCCC1)C(=O)O.S. The molecular formula is C15H29NO4S. The highest BCUT2D eigenvalue weighted by atomic mass is 32.1. The first-order valence-corrected chi connectivity index (χ1v) is 7.47. The van der Waals surface area contributed by atoms with Gasteiger partial charge >= 0.3 is 12.1 Å². The van der Waals surface area contributed by atoms with Gasteiger partial charge in [-0.2, -0.15) is 13.5 Å². The van der Waals surface area contributed by atoms with Crippen molar-refractivity contribution < 1.29 is 19.4 Å². The Morgan fingerprint density at radius 1 is 1.24 bits per heavy atom. The number of hydrogen-bond acceptors (Lipinski definition) is 3.